The first kappa shape index (κ1) is 24.9. The zero-order valence-electron chi connectivity index (χ0n) is 18.8. The summed E-state index contributed by atoms with van der Waals surface area (Å²) in [5.74, 6) is -0.811. The molecule has 0 aromatic carbocycles. The molecule has 0 amide bonds. The molecule has 0 aromatic rings. The molecule has 0 fully saturated rings. The number of rotatable bonds is 3. The Kier molecular flexibility index (Phi) is 10.1. The van der Waals surface area contributed by atoms with Crippen molar-refractivity contribution in [2.75, 3.05) is 0 Å². The average molecular weight is 405 g/mol. The van der Waals surface area contributed by atoms with Crippen LogP contribution >= 0.6 is 0 Å². The number of aliphatic hydroxyl groups is 1. The Labute approximate surface area is 175 Å². The summed E-state index contributed by atoms with van der Waals surface area (Å²) in [6.45, 7) is 12.5. The van der Waals surface area contributed by atoms with Crippen molar-refractivity contribution < 1.29 is 24.2 Å². The molecule has 0 saturated heterocycles. The Morgan fingerprint density at radius 3 is 2.10 bits per heavy atom. The highest BCUT2D eigenvalue weighted by Crippen LogP contribution is 2.28. The van der Waals surface area contributed by atoms with Crippen molar-refractivity contribution in [3.63, 3.8) is 0 Å². The summed E-state index contributed by atoms with van der Waals surface area (Å²) in [5.41, 5.74) is 3.71. The zero-order valence-corrected chi connectivity index (χ0v) is 18.8. The van der Waals surface area contributed by atoms with E-state index in [1.54, 1.807) is 0 Å². The third-order valence-corrected chi connectivity index (χ3v) is 5.06. The van der Waals surface area contributed by atoms with Crippen molar-refractivity contribution in [1.82, 2.24) is 0 Å². The maximum absolute atomic E-state index is 11.9. The van der Waals surface area contributed by atoms with Crippen molar-refractivity contribution in [2.45, 2.75) is 86.0 Å². The molecule has 1 aliphatic rings. The van der Waals surface area contributed by atoms with Gasteiger partial charge < -0.3 is 14.6 Å². The third kappa shape index (κ3) is 8.40. The number of esters is 2. The standard InChI is InChI=1S/C24H36O5/c1-15(2)21-13-11-16(3)9-8-10-17(4)22(27)14-12-18(5)23(28-19(6)25)24(21)29-20(7)26/h10-13,15,22-24,27H,8-9,14H2,1-7H3/b16-11+,17-10+,18-12+,21-13-/t22-,23+,24+/m0/s1. The topological polar surface area (TPSA) is 72.8 Å². The summed E-state index contributed by atoms with van der Waals surface area (Å²) in [5, 5.41) is 10.5. The van der Waals surface area contributed by atoms with Crippen molar-refractivity contribution >= 4 is 11.9 Å². The van der Waals surface area contributed by atoms with Crippen LogP contribution in [0.5, 0.6) is 0 Å². The van der Waals surface area contributed by atoms with Gasteiger partial charge in [-0.1, -0.05) is 43.7 Å². The lowest BCUT2D eigenvalue weighted by Crippen LogP contribution is -2.38. The van der Waals surface area contributed by atoms with Gasteiger partial charge in [-0.25, -0.2) is 0 Å². The molecule has 3 atom stereocenters. The van der Waals surface area contributed by atoms with Crippen LogP contribution in [0.2, 0.25) is 0 Å². The Morgan fingerprint density at radius 2 is 1.55 bits per heavy atom. The molecule has 0 radical (unpaired) electrons. The van der Waals surface area contributed by atoms with Crippen LogP contribution in [0.25, 0.3) is 0 Å². The van der Waals surface area contributed by atoms with Gasteiger partial charge in [0.05, 0.1) is 6.10 Å². The number of carbonyl (C=O) groups excluding carboxylic acids is 2. The van der Waals surface area contributed by atoms with Crippen LogP contribution in [0.4, 0.5) is 0 Å². The van der Waals surface area contributed by atoms with Gasteiger partial charge in [0, 0.05) is 13.8 Å². The fraction of sp³-hybridized carbons (Fsp3) is 0.583. The fourth-order valence-corrected chi connectivity index (χ4v) is 3.26. The van der Waals surface area contributed by atoms with E-state index in [-0.39, 0.29) is 5.92 Å². The van der Waals surface area contributed by atoms with E-state index in [4.69, 9.17) is 9.47 Å². The quantitative estimate of drug-likeness (QED) is 0.539. The Balaban J connectivity index is 3.57. The van der Waals surface area contributed by atoms with Gasteiger partial charge in [-0.3, -0.25) is 9.59 Å². The normalized spacial score (nSPS) is 31.7. The first-order valence-corrected chi connectivity index (χ1v) is 10.3. The van der Waals surface area contributed by atoms with Crippen LogP contribution in [-0.4, -0.2) is 35.4 Å². The zero-order chi connectivity index (χ0) is 22.1. The molecule has 1 aliphatic carbocycles. The third-order valence-electron chi connectivity index (χ3n) is 5.06. The molecule has 5 nitrogen and oxygen atoms in total. The number of aliphatic hydroxyl groups excluding tert-OH is 1. The molecule has 0 heterocycles. The number of carbonyl (C=O) groups is 2. The van der Waals surface area contributed by atoms with Crippen LogP contribution in [0, 0.1) is 5.92 Å². The molecular weight excluding hydrogens is 368 g/mol. The average Bonchev–Trinajstić information content (AvgIpc) is 2.61. The highest BCUT2D eigenvalue weighted by Gasteiger charge is 2.33. The van der Waals surface area contributed by atoms with E-state index in [0.717, 1.165) is 29.6 Å². The Morgan fingerprint density at radius 1 is 0.966 bits per heavy atom. The largest absolute Gasteiger partial charge is 0.454 e. The predicted molar refractivity (Wildman–Crippen MR) is 115 cm³/mol. The molecule has 29 heavy (non-hydrogen) atoms. The van der Waals surface area contributed by atoms with Gasteiger partial charge >= 0.3 is 11.9 Å². The number of allylic oxidation sites excluding steroid dienone is 4. The highest BCUT2D eigenvalue weighted by molar-refractivity contribution is 5.68. The summed E-state index contributed by atoms with van der Waals surface area (Å²) in [6, 6.07) is 0. The first-order chi connectivity index (χ1) is 13.5. The van der Waals surface area contributed by atoms with Gasteiger partial charge in [-0.05, 0) is 62.7 Å². The Hall–Kier alpha value is -2.14. The van der Waals surface area contributed by atoms with Crippen LogP contribution in [-0.2, 0) is 19.1 Å². The molecule has 0 spiro atoms. The molecule has 1 N–H and O–H groups in total. The number of hydrogen-bond acceptors (Lipinski definition) is 5. The van der Waals surface area contributed by atoms with E-state index in [1.165, 1.54) is 19.4 Å². The monoisotopic (exact) mass is 404 g/mol. The highest BCUT2D eigenvalue weighted by atomic mass is 16.6. The van der Waals surface area contributed by atoms with Crippen molar-refractivity contribution in [1.29, 1.82) is 0 Å². The van der Waals surface area contributed by atoms with E-state index in [1.807, 2.05) is 45.9 Å². The van der Waals surface area contributed by atoms with E-state index in [0.29, 0.717) is 6.42 Å². The van der Waals surface area contributed by atoms with Gasteiger partial charge in [-0.15, -0.1) is 0 Å². The van der Waals surface area contributed by atoms with E-state index >= 15 is 0 Å². The minimum Gasteiger partial charge on any atom is -0.454 e. The minimum absolute atomic E-state index is 0.0786. The SMILES string of the molecule is CC(=O)O[C@@H]1/C(C(C)C)=C\C=C(/C)CC/C=C(\C)[C@@H](O)C/C=C(\C)[C@H]1OC(C)=O. The van der Waals surface area contributed by atoms with Gasteiger partial charge in [0.25, 0.3) is 0 Å². The van der Waals surface area contributed by atoms with Crippen molar-refractivity contribution in [3.8, 4) is 0 Å². The summed E-state index contributed by atoms with van der Waals surface area (Å²) >= 11 is 0. The van der Waals surface area contributed by atoms with E-state index in [2.05, 4.69) is 13.0 Å². The molecule has 0 aliphatic heterocycles. The first-order valence-electron chi connectivity index (χ1n) is 10.3. The molecule has 5 heteroatoms. The molecule has 1 rings (SSSR count). The lowest BCUT2D eigenvalue weighted by atomic mass is 9.89. The maximum atomic E-state index is 11.9. The second-order valence-electron chi connectivity index (χ2n) is 8.08. The Bertz CT molecular complexity index is 709. The van der Waals surface area contributed by atoms with E-state index in [9.17, 15) is 14.7 Å². The van der Waals surface area contributed by atoms with Crippen molar-refractivity contribution in [3.05, 3.63) is 46.6 Å². The second-order valence-corrected chi connectivity index (χ2v) is 8.08. The van der Waals surface area contributed by atoms with Crippen LogP contribution in [0.15, 0.2) is 46.6 Å². The predicted octanol–water partition coefficient (Wildman–Crippen LogP) is 4.82. The van der Waals surface area contributed by atoms with Gasteiger partial charge in [-0.2, -0.15) is 0 Å². The molecule has 0 aromatic heterocycles. The van der Waals surface area contributed by atoms with Crippen molar-refractivity contribution in [2.24, 2.45) is 5.92 Å². The summed E-state index contributed by atoms with van der Waals surface area (Å²) in [6.07, 6.45) is 7.96. The van der Waals surface area contributed by atoms with E-state index < -0.39 is 30.3 Å². The second kappa shape index (κ2) is 11.8. The van der Waals surface area contributed by atoms with Crippen LogP contribution < -0.4 is 0 Å². The van der Waals surface area contributed by atoms with Crippen LogP contribution in [0.3, 0.4) is 0 Å². The summed E-state index contributed by atoms with van der Waals surface area (Å²) in [7, 11) is 0. The number of ether oxygens (including phenoxy) is 2. The van der Waals surface area contributed by atoms with Crippen LogP contribution in [0.1, 0.15) is 67.7 Å². The smallest absolute Gasteiger partial charge is 0.303 e. The lowest BCUT2D eigenvalue weighted by molar-refractivity contribution is -0.160. The lowest BCUT2D eigenvalue weighted by Gasteiger charge is -2.31. The minimum atomic E-state index is -0.752. The summed E-state index contributed by atoms with van der Waals surface area (Å²) in [4.78, 5) is 23.7. The maximum Gasteiger partial charge on any atom is 0.303 e. The molecular formula is C24H36O5. The molecule has 162 valence electrons. The number of hydrogen-bond donors (Lipinski definition) is 1. The van der Waals surface area contributed by atoms with Gasteiger partial charge in [0.2, 0.25) is 0 Å². The summed E-state index contributed by atoms with van der Waals surface area (Å²) < 4.78 is 11.3. The molecule has 0 unspecified atom stereocenters. The molecule has 0 bridgehead atoms. The molecule has 0 saturated carbocycles. The van der Waals surface area contributed by atoms with Gasteiger partial charge in [0.15, 0.2) is 12.2 Å². The van der Waals surface area contributed by atoms with Gasteiger partial charge in [0.1, 0.15) is 0 Å². The fourth-order valence-electron chi connectivity index (χ4n) is 3.26.